The van der Waals surface area contributed by atoms with Crippen molar-refractivity contribution < 1.29 is 14.3 Å². The first-order valence-corrected chi connectivity index (χ1v) is 11.5. The number of ketones is 1. The van der Waals surface area contributed by atoms with Crippen molar-refractivity contribution in [3.8, 4) is 5.75 Å². The number of hydrogen-bond acceptors (Lipinski definition) is 3. The molecule has 0 unspecified atom stereocenters. The standard InChI is InChI=1S/C27H32O3/c1-3-29-24-16-27(2)23(13-14-25(27)28)22-11-9-19-15-20(10-12-21(19)26(22)24)30-17-18-7-5-4-6-8-18/h4-8,10,12,15,22-24,26H,3,9,11,13-14,16-17H2,1-2H3/t22-,23-,24+,26+,27-/m0/s1. The second kappa shape index (κ2) is 7.85. The van der Waals surface area contributed by atoms with Gasteiger partial charge in [-0.05, 0) is 73.3 Å². The van der Waals surface area contributed by atoms with Crippen molar-refractivity contribution in [2.75, 3.05) is 6.61 Å². The Morgan fingerprint density at radius 3 is 2.70 bits per heavy atom. The number of Topliss-reactive ketones (excluding diaryl/α,β-unsaturated/α-hetero) is 1. The molecule has 0 saturated heterocycles. The minimum Gasteiger partial charge on any atom is -0.489 e. The summed E-state index contributed by atoms with van der Waals surface area (Å²) >= 11 is 0. The van der Waals surface area contributed by atoms with Gasteiger partial charge in [0.15, 0.2) is 0 Å². The average molecular weight is 405 g/mol. The van der Waals surface area contributed by atoms with E-state index in [-0.39, 0.29) is 11.5 Å². The third-order valence-electron chi connectivity index (χ3n) is 7.99. The zero-order valence-corrected chi connectivity index (χ0v) is 18.1. The summed E-state index contributed by atoms with van der Waals surface area (Å²) in [6.07, 6.45) is 5.04. The van der Waals surface area contributed by atoms with Crippen LogP contribution in [0.2, 0.25) is 0 Å². The quantitative estimate of drug-likeness (QED) is 0.641. The van der Waals surface area contributed by atoms with Gasteiger partial charge in [0.05, 0.1) is 6.10 Å². The number of fused-ring (bicyclic) bond motifs is 5. The van der Waals surface area contributed by atoms with Gasteiger partial charge in [0.25, 0.3) is 0 Å². The Morgan fingerprint density at radius 2 is 1.90 bits per heavy atom. The van der Waals surface area contributed by atoms with E-state index in [1.165, 1.54) is 16.7 Å². The van der Waals surface area contributed by atoms with Gasteiger partial charge in [-0.15, -0.1) is 0 Å². The summed E-state index contributed by atoms with van der Waals surface area (Å²) in [5, 5.41) is 0. The number of aryl methyl sites for hydroxylation is 1. The maximum absolute atomic E-state index is 12.8. The number of carbonyl (C=O) groups is 1. The van der Waals surface area contributed by atoms with Crippen molar-refractivity contribution in [3.63, 3.8) is 0 Å². The predicted molar refractivity (Wildman–Crippen MR) is 118 cm³/mol. The van der Waals surface area contributed by atoms with Gasteiger partial charge in [0.1, 0.15) is 18.1 Å². The number of hydrogen-bond donors (Lipinski definition) is 0. The highest BCUT2D eigenvalue weighted by molar-refractivity contribution is 5.87. The third kappa shape index (κ3) is 3.28. The third-order valence-corrected chi connectivity index (χ3v) is 7.99. The van der Waals surface area contributed by atoms with Crippen molar-refractivity contribution in [1.82, 2.24) is 0 Å². The fraction of sp³-hybridized carbons (Fsp3) is 0.519. The van der Waals surface area contributed by atoms with E-state index in [2.05, 4.69) is 44.2 Å². The molecule has 3 aliphatic rings. The first-order valence-electron chi connectivity index (χ1n) is 11.5. The lowest BCUT2D eigenvalue weighted by Gasteiger charge is -2.51. The summed E-state index contributed by atoms with van der Waals surface area (Å²) in [6.45, 7) is 5.58. The molecule has 0 amide bonds. The first-order chi connectivity index (χ1) is 14.6. The Kier molecular flexibility index (Phi) is 5.18. The molecule has 5 rings (SSSR count). The lowest BCUT2D eigenvalue weighted by Crippen LogP contribution is -2.49. The maximum Gasteiger partial charge on any atom is 0.139 e. The van der Waals surface area contributed by atoms with Gasteiger partial charge in [-0.25, -0.2) is 0 Å². The summed E-state index contributed by atoms with van der Waals surface area (Å²) in [4.78, 5) is 12.8. The molecule has 3 nitrogen and oxygen atoms in total. The van der Waals surface area contributed by atoms with Crippen LogP contribution in [0.25, 0.3) is 0 Å². The molecule has 2 fully saturated rings. The number of rotatable bonds is 5. The molecule has 0 N–H and O–H groups in total. The average Bonchev–Trinajstić information content (AvgIpc) is 3.07. The van der Waals surface area contributed by atoms with Gasteiger partial charge in [-0.3, -0.25) is 4.79 Å². The summed E-state index contributed by atoms with van der Waals surface area (Å²) in [7, 11) is 0. The maximum atomic E-state index is 12.8. The van der Waals surface area contributed by atoms with Crippen molar-refractivity contribution in [2.45, 2.75) is 64.6 Å². The monoisotopic (exact) mass is 404 g/mol. The predicted octanol–water partition coefficient (Wildman–Crippen LogP) is 5.71. The van der Waals surface area contributed by atoms with Crippen LogP contribution in [-0.4, -0.2) is 18.5 Å². The molecule has 2 saturated carbocycles. The van der Waals surface area contributed by atoms with E-state index in [0.717, 1.165) is 37.9 Å². The van der Waals surface area contributed by atoms with Crippen LogP contribution >= 0.6 is 0 Å². The second-order valence-corrected chi connectivity index (χ2v) is 9.55. The molecule has 3 heteroatoms. The van der Waals surface area contributed by atoms with Gasteiger partial charge in [-0.1, -0.05) is 43.3 Å². The van der Waals surface area contributed by atoms with Crippen molar-refractivity contribution >= 4 is 5.78 Å². The van der Waals surface area contributed by atoms with E-state index in [4.69, 9.17) is 9.47 Å². The van der Waals surface area contributed by atoms with Crippen LogP contribution in [-0.2, 0) is 22.6 Å². The van der Waals surface area contributed by atoms with E-state index in [9.17, 15) is 4.79 Å². The molecule has 0 bridgehead atoms. The van der Waals surface area contributed by atoms with Crippen LogP contribution in [0.4, 0.5) is 0 Å². The normalized spacial score (nSPS) is 32.3. The van der Waals surface area contributed by atoms with Crippen LogP contribution < -0.4 is 4.74 Å². The van der Waals surface area contributed by atoms with Gasteiger partial charge in [-0.2, -0.15) is 0 Å². The molecule has 0 spiro atoms. The van der Waals surface area contributed by atoms with Gasteiger partial charge >= 0.3 is 0 Å². The lowest BCUT2D eigenvalue weighted by atomic mass is 9.54. The molecule has 5 atom stereocenters. The number of ether oxygens (including phenoxy) is 2. The topological polar surface area (TPSA) is 35.5 Å². The highest BCUT2D eigenvalue weighted by Crippen LogP contribution is 2.60. The Morgan fingerprint density at radius 1 is 1.07 bits per heavy atom. The molecule has 30 heavy (non-hydrogen) atoms. The van der Waals surface area contributed by atoms with Crippen LogP contribution in [0.15, 0.2) is 48.5 Å². The van der Waals surface area contributed by atoms with Crippen LogP contribution in [0.1, 0.15) is 62.1 Å². The molecule has 158 valence electrons. The van der Waals surface area contributed by atoms with E-state index >= 15 is 0 Å². The molecule has 2 aromatic rings. The largest absolute Gasteiger partial charge is 0.489 e. The van der Waals surface area contributed by atoms with Crippen molar-refractivity contribution in [2.24, 2.45) is 17.3 Å². The Bertz CT molecular complexity index is 921. The zero-order chi connectivity index (χ0) is 20.7. The van der Waals surface area contributed by atoms with E-state index < -0.39 is 0 Å². The number of carbonyl (C=O) groups excluding carboxylic acids is 1. The Labute approximate surface area is 179 Å². The summed E-state index contributed by atoms with van der Waals surface area (Å²) in [6, 6.07) is 17.0. The second-order valence-electron chi connectivity index (χ2n) is 9.55. The Hall–Kier alpha value is -2.13. The van der Waals surface area contributed by atoms with E-state index in [0.29, 0.717) is 36.8 Å². The smallest absolute Gasteiger partial charge is 0.139 e. The molecule has 0 aromatic heterocycles. The molecule has 2 aromatic carbocycles. The lowest BCUT2D eigenvalue weighted by molar-refractivity contribution is -0.136. The van der Waals surface area contributed by atoms with E-state index in [1.807, 2.05) is 18.2 Å². The van der Waals surface area contributed by atoms with Crippen LogP contribution in [0.5, 0.6) is 5.75 Å². The SMILES string of the molecule is CCO[C@@H]1C[C@]2(C)C(=O)CC[C@H]2[C@@H]2CCc3cc(OCc4ccccc4)ccc3[C@H]21. The van der Waals surface area contributed by atoms with E-state index in [1.54, 1.807) is 0 Å². The van der Waals surface area contributed by atoms with Crippen LogP contribution in [0, 0.1) is 17.3 Å². The minimum absolute atomic E-state index is 0.137. The zero-order valence-electron chi connectivity index (χ0n) is 18.1. The minimum atomic E-state index is -0.183. The van der Waals surface area contributed by atoms with Crippen LogP contribution in [0.3, 0.4) is 0 Å². The molecular formula is C27H32O3. The molecule has 3 aliphatic carbocycles. The van der Waals surface area contributed by atoms with Gasteiger partial charge in [0.2, 0.25) is 0 Å². The Balaban J connectivity index is 1.41. The number of benzene rings is 2. The molecule has 0 radical (unpaired) electrons. The molecular weight excluding hydrogens is 372 g/mol. The van der Waals surface area contributed by atoms with Gasteiger partial charge < -0.3 is 9.47 Å². The highest BCUT2D eigenvalue weighted by atomic mass is 16.5. The molecule has 0 aliphatic heterocycles. The molecule has 0 heterocycles. The fourth-order valence-electron chi connectivity index (χ4n) is 6.59. The van der Waals surface area contributed by atoms with Crippen molar-refractivity contribution in [3.05, 3.63) is 65.2 Å². The highest BCUT2D eigenvalue weighted by Gasteiger charge is 2.58. The summed E-state index contributed by atoms with van der Waals surface area (Å²) in [5.74, 6) is 2.87. The first kappa shape index (κ1) is 19.8. The summed E-state index contributed by atoms with van der Waals surface area (Å²) < 4.78 is 12.4. The van der Waals surface area contributed by atoms with Crippen molar-refractivity contribution in [1.29, 1.82) is 0 Å². The fourth-order valence-corrected chi connectivity index (χ4v) is 6.59. The summed E-state index contributed by atoms with van der Waals surface area (Å²) in [5.41, 5.74) is 3.83. The van der Waals surface area contributed by atoms with Gasteiger partial charge in [0, 0.05) is 24.4 Å².